The summed E-state index contributed by atoms with van der Waals surface area (Å²) in [5.74, 6) is -0.769. The van der Waals surface area contributed by atoms with Crippen LogP contribution < -0.4 is 15.3 Å². The van der Waals surface area contributed by atoms with E-state index in [1.165, 1.54) is 12.1 Å². The van der Waals surface area contributed by atoms with Crippen LogP contribution in [0.1, 0.15) is 11.1 Å². The Morgan fingerprint density at radius 2 is 1.74 bits per heavy atom. The summed E-state index contributed by atoms with van der Waals surface area (Å²) in [4.78, 5) is 14.9. The van der Waals surface area contributed by atoms with E-state index in [9.17, 15) is 18.3 Å². The van der Waals surface area contributed by atoms with E-state index in [4.69, 9.17) is 0 Å². The molecule has 5 rings (SSSR count). The Morgan fingerprint density at radius 1 is 1.03 bits per heavy atom. The Labute approximate surface area is 201 Å². The van der Waals surface area contributed by atoms with E-state index in [0.29, 0.717) is 22.1 Å². The lowest BCUT2D eigenvalue weighted by Gasteiger charge is -2.17. The second-order valence-corrected chi connectivity index (χ2v) is 9.69. The summed E-state index contributed by atoms with van der Waals surface area (Å²) in [7, 11) is -4.08. The van der Waals surface area contributed by atoms with Crippen LogP contribution in [-0.2, 0) is 21.2 Å². The lowest BCUT2D eigenvalue weighted by molar-refractivity contribution is -0.796. The number of carboxylic acid groups (broad SMARTS) is 1. The van der Waals surface area contributed by atoms with Gasteiger partial charge in [-0.2, -0.15) is 4.72 Å². The number of aliphatic carboxylic acids is 1. The second kappa shape index (κ2) is 9.31. The summed E-state index contributed by atoms with van der Waals surface area (Å²) in [5, 5.41) is 15.5. The summed E-state index contributed by atoms with van der Waals surface area (Å²) in [6.45, 7) is 0. The van der Waals surface area contributed by atoms with Gasteiger partial charge in [0.05, 0.1) is 4.90 Å². The van der Waals surface area contributed by atoms with Crippen molar-refractivity contribution in [2.75, 3.05) is 0 Å². The number of sulfonamides is 1. The number of hydrogen-bond donors (Lipinski definition) is 5. The number of nitrogens with zero attached hydrogens (tertiary/aromatic N) is 2. The molecule has 0 fully saturated rings. The van der Waals surface area contributed by atoms with Crippen molar-refractivity contribution < 1.29 is 23.4 Å². The first-order valence-electron chi connectivity index (χ1n) is 10.8. The fraction of sp³-hybridized carbons (Fsp3) is 0.0833. The van der Waals surface area contributed by atoms with Gasteiger partial charge in [-0.3, -0.25) is 4.79 Å². The van der Waals surface area contributed by atoms with Crippen LogP contribution >= 0.6 is 0 Å². The number of quaternary nitrogens is 1. The quantitative estimate of drug-likeness (QED) is 0.256. The molecule has 1 aromatic heterocycles. The number of carboxylic acids is 1. The van der Waals surface area contributed by atoms with Gasteiger partial charge in [0, 0.05) is 41.2 Å². The minimum absolute atomic E-state index is 0.00299. The number of H-pyrrole nitrogens is 1. The fourth-order valence-electron chi connectivity index (χ4n) is 3.85. The predicted molar refractivity (Wildman–Crippen MR) is 130 cm³/mol. The Bertz CT molecular complexity index is 1500. The van der Waals surface area contributed by atoms with Gasteiger partial charge in [0.25, 0.3) is 0 Å². The molecular formula is C24H22N6O4S. The van der Waals surface area contributed by atoms with Crippen molar-refractivity contribution in [2.24, 2.45) is 5.10 Å². The van der Waals surface area contributed by atoms with Gasteiger partial charge in [0.15, 0.2) is 5.84 Å². The Hall–Kier alpha value is -4.03. The first-order chi connectivity index (χ1) is 16.9. The number of para-hydroxylation sites is 1. The average molecular weight is 491 g/mol. The molecule has 0 spiro atoms. The molecule has 1 aliphatic rings. The molecule has 4 aromatic rings. The molecule has 0 bridgehead atoms. The smallest absolute Gasteiger partial charge is 0.322 e. The first kappa shape index (κ1) is 22.7. The van der Waals surface area contributed by atoms with Gasteiger partial charge in [0.1, 0.15) is 11.7 Å². The number of aromatic nitrogens is 1. The van der Waals surface area contributed by atoms with Crippen LogP contribution in [0.2, 0.25) is 0 Å². The molecule has 10 nitrogen and oxygen atoms in total. The molecule has 1 aliphatic heterocycles. The van der Waals surface area contributed by atoms with Gasteiger partial charge in [-0.05, 0) is 35.9 Å². The Kier molecular flexibility index (Phi) is 6.05. The predicted octanol–water partition coefficient (Wildman–Crippen LogP) is 1.83. The molecule has 0 saturated carbocycles. The fourth-order valence-corrected chi connectivity index (χ4v) is 5.04. The molecule has 2 unspecified atom stereocenters. The molecule has 0 amide bonds. The van der Waals surface area contributed by atoms with E-state index in [2.05, 4.69) is 25.8 Å². The van der Waals surface area contributed by atoms with Crippen LogP contribution in [-0.4, -0.2) is 36.4 Å². The van der Waals surface area contributed by atoms with E-state index in [-0.39, 0.29) is 11.3 Å². The van der Waals surface area contributed by atoms with Crippen molar-refractivity contribution in [1.29, 1.82) is 0 Å². The van der Waals surface area contributed by atoms with Crippen molar-refractivity contribution >= 4 is 38.4 Å². The van der Waals surface area contributed by atoms with Crippen LogP contribution in [0.3, 0.4) is 0 Å². The third-order valence-electron chi connectivity index (χ3n) is 5.65. The molecule has 5 N–H and O–H groups in total. The molecule has 3 aromatic carbocycles. The number of nitrogens with one attached hydrogen (secondary N) is 4. The Morgan fingerprint density at radius 3 is 2.49 bits per heavy atom. The molecule has 0 aliphatic carbocycles. The maximum atomic E-state index is 13.0. The number of amidine groups is 1. The second-order valence-electron chi connectivity index (χ2n) is 7.97. The highest BCUT2D eigenvalue weighted by Gasteiger charge is 2.27. The van der Waals surface area contributed by atoms with Crippen LogP contribution in [0.4, 0.5) is 5.69 Å². The summed E-state index contributed by atoms with van der Waals surface area (Å²) in [5.41, 5.74) is 10.1. The minimum Gasteiger partial charge on any atom is -0.480 e. The number of fused-ring (bicyclic) bond motifs is 1. The zero-order valence-corrected chi connectivity index (χ0v) is 19.2. The molecule has 35 heavy (non-hydrogen) atoms. The standard InChI is InChI=1S/C24H22N6O4S/c31-24(32)22(14-17-15-25-21-9-5-4-8-20(17)21)28-35(33,34)19-12-10-16(11-13-19)23-26-29-30(27-23)18-6-2-1-3-7-18/h1-13,15,22,25,28,30H,14H2,(H,26,27)(H,31,32). The number of hydrogen-bond acceptors (Lipinski definition) is 5. The van der Waals surface area contributed by atoms with Gasteiger partial charge >= 0.3 is 5.97 Å². The molecule has 11 heteroatoms. The third-order valence-corrected chi connectivity index (χ3v) is 7.14. The molecule has 2 atom stereocenters. The van der Waals surface area contributed by atoms with Crippen LogP contribution in [0, 0.1) is 0 Å². The highest BCUT2D eigenvalue weighted by Crippen LogP contribution is 2.20. The maximum absolute atomic E-state index is 13.0. The van der Waals surface area contributed by atoms with Gasteiger partial charge < -0.3 is 21.1 Å². The minimum atomic E-state index is -4.08. The lowest BCUT2D eigenvalue weighted by atomic mass is 10.1. The van der Waals surface area contributed by atoms with Gasteiger partial charge in [-0.25, -0.2) is 13.5 Å². The highest BCUT2D eigenvalue weighted by molar-refractivity contribution is 7.89. The SMILES string of the molecule is O=C(O)C(Cc1c[nH]c2ccccc12)NS(=O)(=O)c1ccc(C2=N[NH+](c3ccccc3)[N-]N2)cc1. The van der Waals surface area contributed by atoms with Crippen molar-refractivity contribution in [3.63, 3.8) is 0 Å². The van der Waals surface area contributed by atoms with Crippen molar-refractivity contribution in [1.82, 2.24) is 15.1 Å². The highest BCUT2D eigenvalue weighted by atomic mass is 32.2. The van der Waals surface area contributed by atoms with E-state index >= 15 is 0 Å². The van der Waals surface area contributed by atoms with E-state index in [1.54, 1.807) is 18.3 Å². The zero-order chi connectivity index (χ0) is 24.4. The van der Waals surface area contributed by atoms with Crippen molar-refractivity contribution in [3.8, 4) is 0 Å². The van der Waals surface area contributed by atoms with Gasteiger partial charge in [0.2, 0.25) is 10.0 Å². The van der Waals surface area contributed by atoms with Crippen LogP contribution in [0.5, 0.6) is 0 Å². The zero-order valence-electron chi connectivity index (χ0n) is 18.3. The molecule has 0 saturated heterocycles. The van der Waals surface area contributed by atoms with Crippen molar-refractivity contribution in [3.05, 3.63) is 102 Å². The monoisotopic (exact) mass is 490 g/mol. The molecular weight excluding hydrogens is 468 g/mol. The van der Waals surface area contributed by atoms with Crippen LogP contribution in [0.25, 0.3) is 16.4 Å². The molecule has 178 valence electrons. The summed E-state index contributed by atoms with van der Waals surface area (Å²) < 4.78 is 28.2. The first-order valence-corrected chi connectivity index (χ1v) is 12.3. The Balaban J connectivity index is 1.32. The summed E-state index contributed by atoms with van der Waals surface area (Å²) >= 11 is 0. The largest absolute Gasteiger partial charge is 0.480 e. The lowest BCUT2D eigenvalue weighted by Crippen LogP contribution is -2.96. The van der Waals surface area contributed by atoms with E-state index in [1.807, 2.05) is 54.6 Å². The average Bonchev–Trinajstić information content (AvgIpc) is 3.52. The molecule has 2 heterocycles. The summed E-state index contributed by atoms with van der Waals surface area (Å²) in [6.07, 6.45) is 1.70. The van der Waals surface area contributed by atoms with Crippen molar-refractivity contribution in [2.45, 2.75) is 17.4 Å². The molecule has 0 radical (unpaired) electrons. The number of rotatable bonds is 8. The topological polar surface area (TPSA) is 142 Å². The van der Waals surface area contributed by atoms with E-state index in [0.717, 1.165) is 16.6 Å². The number of carbonyl (C=O) groups is 1. The van der Waals surface area contributed by atoms with Gasteiger partial charge in [-0.15, -0.1) is 0 Å². The number of benzene rings is 3. The third kappa shape index (κ3) is 4.79. The van der Waals surface area contributed by atoms with E-state index < -0.39 is 22.0 Å². The maximum Gasteiger partial charge on any atom is 0.322 e. The summed E-state index contributed by atoms with van der Waals surface area (Å²) in [6, 6.07) is 21.6. The van der Waals surface area contributed by atoms with Crippen LogP contribution in [0.15, 0.2) is 95.1 Å². The van der Waals surface area contributed by atoms with Gasteiger partial charge in [-0.1, -0.05) is 41.5 Å². The number of aromatic amines is 1. The normalized spacial score (nSPS) is 16.6.